The van der Waals surface area contributed by atoms with Crippen LogP contribution in [0.2, 0.25) is 0 Å². The minimum absolute atomic E-state index is 0.465. The Labute approximate surface area is 161 Å². The van der Waals surface area contributed by atoms with Gasteiger partial charge < -0.3 is 14.2 Å². The Balaban J connectivity index is 1.19. The molecule has 142 valence electrons. The fraction of sp³-hybridized carbons (Fsp3) is 0.619. The van der Waals surface area contributed by atoms with Crippen molar-refractivity contribution in [1.29, 1.82) is 0 Å². The lowest BCUT2D eigenvalue weighted by Gasteiger charge is -2.32. The number of rotatable bonds is 8. The molecule has 2 saturated heterocycles. The molecule has 0 amide bonds. The maximum absolute atomic E-state index is 6.15. The maximum atomic E-state index is 6.15. The highest BCUT2D eigenvalue weighted by Gasteiger charge is 2.21. The molecule has 2 aromatic rings. The summed E-state index contributed by atoms with van der Waals surface area (Å²) in [4.78, 5) is 6.55. The molecule has 2 aliphatic heterocycles. The SMILES string of the molecule is c1csc(Cn2cccc2CN2CCC(OCCN3CCCC3)CC2)c1. The van der Waals surface area contributed by atoms with Gasteiger partial charge in [0.2, 0.25) is 0 Å². The van der Waals surface area contributed by atoms with Gasteiger partial charge in [0.05, 0.1) is 19.3 Å². The number of nitrogens with zero attached hydrogens (tertiary/aromatic N) is 3. The molecule has 0 aromatic carbocycles. The number of hydrogen-bond acceptors (Lipinski definition) is 4. The van der Waals surface area contributed by atoms with Crippen LogP contribution in [0, 0.1) is 0 Å². The fourth-order valence-electron chi connectivity index (χ4n) is 4.14. The average Bonchev–Trinajstić information content (AvgIpc) is 3.41. The summed E-state index contributed by atoms with van der Waals surface area (Å²) in [6.45, 7) is 8.93. The predicted octanol–water partition coefficient (Wildman–Crippen LogP) is 3.67. The molecular weight excluding hydrogens is 342 g/mol. The lowest BCUT2D eigenvalue weighted by molar-refractivity contribution is -0.00150. The number of piperidine rings is 1. The van der Waals surface area contributed by atoms with Gasteiger partial charge in [-0.05, 0) is 62.4 Å². The molecule has 0 spiro atoms. The molecule has 0 N–H and O–H groups in total. The number of likely N-dealkylation sites (tertiary alicyclic amines) is 2. The molecule has 5 heteroatoms. The first-order valence-electron chi connectivity index (χ1n) is 10.1. The Hall–Kier alpha value is -1.14. The van der Waals surface area contributed by atoms with Crippen LogP contribution in [-0.4, -0.2) is 59.8 Å². The molecule has 0 unspecified atom stereocenters. The Morgan fingerprint density at radius 2 is 1.81 bits per heavy atom. The van der Waals surface area contributed by atoms with E-state index < -0.39 is 0 Å². The van der Waals surface area contributed by atoms with Gasteiger partial charge in [0.15, 0.2) is 0 Å². The molecule has 0 bridgehead atoms. The molecule has 0 saturated carbocycles. The largest absolute Gasteiger partial charge is 0.377 e. The topological polar surface area (TPSA) is 20.6 Å². The van der Waals surface area contributed by atoms with E-state index >= 15 is 0 Å². The number of ether oxygens (including phenoxy) is 1. The summed E-state index contributed by atoms with van der Waals surface area (Å²) in [6, 6.07) is 8.81. The van der Waals surface area contributed by atoms with Gasteiger partial charge in [-0.1, -0.05) is 6.07 Å². The van der Waals surface area contributed by atoms with Crippen molar-refractivity contribution in [3.63, 3.8) is 0 Å². The lowest BCUT2D eigenvalue weighted by atomic mass is 10.1. The highest BCUT2D eigenvalue weighted by Crippen LogP contribution is 2.18. The first-order valence-corrected chi connectivity index (χ1v) is 11.0. The van der Waals surface area contributed by atoms with E-state index in [1.807, 2.05) is 11.3 Å². The highest BCUT2D eigenvalue weighted by molar-refractivity contribution is 7.09. The number of aromatic nitrogens is 1. The van der Waals surface area contributed by atoms with Gasteiger partial charge in [0, 0.05) is 42.9 Å². The third-order valence-electron chi connectivity index (χ3n) is 5.71. The molecule has 4 heterocycles. The van der Waals surface area contributed by atoms with Crippen molar-refractivity contribution in [3.8, 4) is 0 Å². The molecule has 2 fully saturated rings. The van der Waals surface area contributed by atoms with Crippen LogP contribution in [0.15, 0.2) is 35.8 Å². The third-order valence-corrected chi connectivity index (χ3v) is 6.57. The van der Waals surface area contributed by atoms with Gasteiger partial charge in [-0.3, -0.25) is 4.90 Å². The minimum Gasteiger partial charge on any atom is -0.377 e. The van der Waals surface area contributed by atoms with Crippen molar-refractivity contribution in [2.45, 2.75) is 44.9 Å². The van der Waals surface area contributed by atoms with Gasteiger partial charge in [-0.2, -0.15) is 0 Å². The van der Waals surface area contributed by atoms with E-state index in [0.29, 0.717) is 6.10 Å². The van der Waals surface area contributed by atoms with E-state index in [4.69, 9.17) is 4.74 Å². The predicted molar refractivity (Wildman–Crippen MR) is 108 cm³/mol. The molecule has 4 nitrogen and oxygen atoms in total. The van der Waals surface area contributed by atoms with Gasteiger partial charge in [0.25, 0.3) is 0 Å². The zero-order valence-corrected chi connectivity index (χ0v) is 16.5. The van der Waals surface area contributed by atoms with Crippen LogP contribution < -0.4 is 0 Å². The molecule has 0 aliphatic carbocycles. The van der Waals surface area contributed by atoms with Crippen LogP contribution in [-0.2, 0) is 17.8 Å². The summed E-state index contributed by atoms with van der Waals surface area (Å²) in [6.07, 6.45) is 7.76. The summed E-state index contributed by atoms with van der Waals surface area (Å²) in [5.74, 6) is 0. The van der Waals surface area contributed by atoms with Crippen LogP contribution in [0.4, 0.5) is 0 Å². The lowest BCUT2D eigenvalue weighted by Crippen LogP contribution is -2.38. The maximum Gasteiger partial charge on any atom is 0.0600 e. The van der Waals surface area contributed by atoms with Gasteiger partial charge in [-0.15, -0.1) is 11.3 Å². The molecule has 4 rings (SSSR count). The Morgan fingerprint density at radius 1 is 0.962 bits per heavy atom. The number of hydrogen-bond donors (Lipinski definition) is 0. The van der Waals surface area contributed by atoms with Crippen LogP contribution in [0.1, 0.15) is 36.3 Å². The second kappa shape index (κ2) is 9.18. The van der Waals surface area contributed by atoms with E-state index in [-0.39, 0.29) is 0 Å². The second-order valence-electron chi connectivity index (χ2n) is 7.60. The standard InChI is InChI=1S/C21H31N3OS/c1-2-10-22(9-1)14-15-25-20-7-12-23(13-8-20)17-19-5-3-11-24(19)18-21-6-4-16-26-21/h3-6,11,16,20H,1-2,7-10,12-15,17-18H2. The highest BCUT2D eigenvalue weighted by atomic mass is 32.1. The van der Waals surface area contributed by atoms with Crippen LogP contribution >= 0.6 is 11.3 Å². The van der Waals surface area contributed by atoms with E-state index in [1.54, 1.807) is 0 Å². The molecule has 0 radical (unpaired) electrons. The third kappa shape index (κ3) is 4.97. The van der Waals surface area contributed by atoms with Crippen LogP contribution in [0.3, 0.4) is 0 Å². The molecular formula is C21H31N3OS. The summed E-state index contributed by atoms with van der Waals surface area (Å²) in [7, 11) is 0. The monoisotopic (exact) mass is 373 g/mol. The van der Waals surface area contributed by atoms with Gasteiger partial charge >= 0.3 is 0 Å². The van der Waals surface area contributed by atoms with Crippen molar-refractivity contribution in [2.24, 2.45) is 0 Å². The zero-order valence-electron chi connectivity index (χ0n) is 15.7. The van der Waals surface area contributed by atoms with Crippen molar-refractivity contribution in [1.82, 2.24) is 14.4 Å². The zero-order chi connectivity index (χ0) is 17.6. The molecule has 2 aromatic heterocycles. The summed E-state index contributed by atoms with van der Waals surface area (Å²) < 4.78 is 8.54. The summed E-state index contributed by atoms with van der Waals surface area (Å²) in [5.41, 5.74) is 1.42. The van der Waals surface area contributed by atoms with E-state index in [0.717, 1.165) is 39.3 Å². The van der Waals surface area contributed by atoms with Crippen molar-refractivity contribution in [2.75, 3.05) is 39.3 Å². The first-order chi connectivity index (χ1) is 12.9. The average molecular weight is 374 g/mol. The van der Waals surface area contributed by atoms with Crippen molar-refractivity contribution < 1.29 is 4.74 Å². The first kappa shape index (κ1) is 18.2. The normalized spacial score (nSPS) is 20.2. The molecule has 26 heavy (non-hydrogen) atoms. The van der Waals surface area contributed by atoms with E-state index in [1.165, 1.54) is 49.3 Å². The Morgan fingerprint density at radius 3 is 2.58 bits per heavy atom. The Bertz CT molecular complexity index is 640. The fourth-order valence-corrected chi connectivity index (χ4v) is 4.84. The summed E-state index contributed by atoms with van der Waals surface area (Å²) in [5, 5.41) is 2.16. The quantitative estimate of drug-likeness (QED) is 0.704. The van der Waals surface area contributed by atoms with E-state index in [2.05, 4.69) is 50.2 Å². The summed E-state index contributed by atoms with van der Waals surface area (Å²) >= 11 is 1.84. The van der Waals surface area contributed by atoms with Crippen LogP contribution in [0.25, 0.3) is 0 Å². The van der Waals surface area contributed by atoms with Gasteiger partial charge in [-0.25, -0.2) is 0 Å². The Kier molecular flexibility index (Phi) is 6.44. The van der Waals surface area contributed by atoms with Crippen molar-refractivity contribution in [3.05, 3.63) is 46.4 Å². The molecule has 2 aliphatic rings. The minimum atomic E-state index is 0.465. The van der Waals surface area contributed by atoms with Crippen LogP contribution in [0.5, 0.6) is 0 Å². The van der Waals surface area contributed by atoms with Crippen molar-refractivity contribution >= 4 is 11.3 Å². The number of thiophene rings is 1. The molecule has 0 atom stereocenters. The van der Waals surface area contributed by atoms with E-state index in [9.17, 15) is 0 Å². The smallest absolute Gasteiger partial charge is 0.0600 e. The van der Waals surface area contributed by atoms with Gasteiger partial charge in [0.1, 0.15) is 0 Å². The second-order valence-corrected chi connectivity index (χ2v) is 8.63.